The van der Waals surface area contributed by atoms with Crippen LogP contribution in [0.3, 0.4) is 0 Å². The Balaban J connectivity index is 1.93. The third-order valence-electron chi connectivity index (χ3n) is 2.64. The molecule has 0 aromatic carbocycles. The number of aliphatic hydroxyl groups is 1. The van der Waals surface area contributed by atoms with E-state index in [0.29, 0.717) is 11.5 Å². The highest BCUT2D eigenvalue weighted by Gasteiger charge is 2.28. The van der Waals surface area contributed by atoms with Gasteiger partial charge >= 0.3 is 0 Å². The van der Waals surface area contributed by atoms with Gasteiger partial charge in [0.1, 0.15) is 12.7 Å². The smallest absolute Gasteiger partial charge is 0.253 e. The molecular weight excluding hydrogens is 222 g/mol. The van der Waals surface area contributed by atoms with Gasteiger partial charge in [-0.25, -0.2) is 9.97 Å². The Morgan fingerprint density at radius 2 is 2.24 bits per heavy atom. The number of nitrogens with one attached hydrogen (secondary N) is 1. The van der Waals surface area contributed by atoms with Crippen LogP contribution in [0, 0.1) is 0 Å². The van der Waals surface area contributed by atoms with Gasteiger partial charge in [0.15, 0.2) is 5.82 Å². The standard InChI is InChI=1S/C11H15N3O3/c1-7-2-3-9(17-7)11(16)14-8-4-12-10(6-15)13-5-8/h4-5,7,9,15H,2-3,6H2,1H3,(H,14,16). The molecule has 1 saturated heterocycles. The van der Waals surface area contributed by atoms with Crippen LogP contribution in [-0.2, 0) is 16.1 Å². The quantitative estimate of drug-likeness (QED) is 0.798. The fourth-order valence-corrected chi connectivity index (χ4v) is 1.72. The van der Waals surface area contributed by atoms with Crippen molar-refractivity contribution in [3.8, 4) is 0 Å². The highest BCUT2D eigenvalue weighted by Crippen LogP contribution is 2.20. The Kier molecular flexibility index (Phi) is 3.65. The molecule has 2 N–H and O–H groups in total. The first-order valence-corrected chi connectivity index (χ1v) is 5.57. The van der Waals surface area contributed by atoms with Gasteiger partial charge < -0.3 is 15.2 Å². The molecule has 0 radical (unpaired) electrons. The number of hydrogen-bond donors (Lipinski definition) is 2. The predicted octanol–water partition coefficient (Wildman–Crippen LogP) is 0.475. The molecule has 0 saturated carbocycles. The fraction of sp³-hybridized carbons (Fsp3) is 0.545. The molecule has 2 atom stereocenters. The average Bonchev–Trinajstić information content (AvgIpc) is 2.77. The van der Waals surface area contributed by atoms with Crippen molar-refractivity contribution in [2.24, 2.45) is 0 Å². The second-order valence-electron chi connectivity index (χ2n) is 4.05. The van der Waals surface area contributed by atoms with Crippen molar-refractivity contribution in [2.75, 3.05) is 5.32 Å². The maximum atomic E-state index is 11.8. The fourth-order valence-electron chi connectivity index (χ4n) is 1.72. The van der Waals surface area contributed by atoms with E-state index in [-0.39, 0.29) is 24.7 Å². The first-order chi connectivity index (χ1) is 8.19. The Hall–Kier alpha value is -1.53. The summed E-state index contributed by atoms with van der Waals surface area (Å²) in [5, 5.41) is 11.5. The van der Waals surface area contributed by atoms with E-state index in [1.165, 1.54) is 12.4 Å². The topological polar surface area (TPSA) is 84.3 Å². The lowest BCUT2D eigenvalue weighted by Gasteiger charge is -2.11. The van der Waals surface area contributed by atoms with Crippen LogP contribution in [0.4, 0.5) is 5.69 Å². The molecule has 2 heterocycles. The summed E-state index contributed by atoms with van der Waals surface area (Å²) < 4.78 is 5.45. The largest absolute Gasteiger partial charge is 0.388 e. The summed E-state index contributed by atoms with van der Waals surface area (Å²) in [7, 11) is 0. The van der Waals surface area contributed by atoms with Crippen LogP contribution in [0.15, 0.2) is 12.4 Å². The number of nitrogens with zero attached hydrogens (tertiary/aromatic N) is 2. The number of amides is 1. The average molecular weight is 237 g/mol. The lowest BCUT2D eigenvalue weighted by molar-refractivity contribution is -0.126. The van der Waals surface area contributed by atoms with E-state index in [0.717, 1.165) is 12.8 Å². The van der Waals surface area contributed by atoms with Gasteiger partial charge in [-0.2, -0.15) is 0 Å². The normalized spacial score (nSPS) is 23.6. The molecule has 1 aromatic heterocycles. The molecule has 6 heteroatoms. The van der Waals surface area contributed by atoms with E-state index in [4.69, 9.17) is 9.84 Å². The van der Waals surface area contributed by atoms with Crippen LogP contribution >= 0.6 is 0 Å². The summed E-state index contributed by atoms with van der Waals surface area (Å²) in [5.74, 6) is 0.156. The molecule has 0 bridgehead atoms. The van der Waals surface area contributed by atoms with Gasteiger partial charge in [-0.3, -0.25) is 4.79 Å². The van der Waals surface area contributed by atoms with Gasteiger partial charge in [0.05, 0.1) is 24.2 Å². The molecule has 1 aromatic rings. The van der Waals surface area contributed by atoms with Gasteiger partial charge in [-0.1, -0.05) is 0 Å². The predicted molar refractivity (Wildman–Crippen MR) is 60.2 cm³/mol. The minimum Gasteiger partial charge on any atom is -0.388 e. The second-order valence-corrected chi connectivity index (χ2v) is 4.05. The molecule has 17 heavy (non-hydrogen) atoms. The molecule has 1 aliphatic rings. The van der Waals surface area contributed by atoms with Crippen LogP contribution in [0.2, 0.25) is 0 Å². The first kappa shape index (κ1) is 11.9. The van der Waals surface area contributed by atoms with Crippen LogP contribution in [0.1, 0.15) is 25.6 Å². The Labute approximate surface area is 99.0 Å². The van der Waals surface area contributed by atoms with E-state index < -0.39 is 0 Å². The minimum atomic E-state index is -0.387. The highest BCUT2D eigenvalue weighted by molar-refractivity contribution is 5.94. The second kappa shape index (κ2) is 5.20. The minimum absolute atomic E-state index is 0.138. The third-order valence-corrected chi connectivity index (χ3v) is 2.64. The van der Waals surface area contributed by atoms with Gasteiger partial charge in [-0.15, -0.1) is 0 Å². The molecular formula is C11H15N3O3. The number of aromatic nitrogens is 2. The lowest BCUT2D eigenvalue weighted by atomic mass is 10.2. The highest BCUT2D eigenvalue weighted by atomic mass is 16.5. The zero-order valence-corrected chi connectivity index (χ0v) is 9.59. The molecule has 6 nitrogen and oxygen atoms in total. The number of carbonyl (C=O) groups is 1. The maximum absolute atomic E-state index is 11.8. The van der Waals surface area contributed by atoms with E-state index >= 15 is 0 Å². The summed E-state index contributed by atoms with van der Waals surface area (Å²) in [6.07, 6.45) is 4.32. The SMILES string of the molecule is CC1CCC(C(=O)Nc2cnc(CO)nc2)O1. The summed E-state index contributed by atoms with van der Waals surface area (Å²) in [6.45, 7) is 1.74. The Morgan fingerprint density at radius 1 is 1.53 bits per heavy atom. The zero-order chi connectivity index (χ0) is 12.3. The van der Waals surface area contributed by atoms with Crippen molar-refractivity contribution in [1.29, 1.82) is 0 Å². The molecule has 0 spiro atoms. The Bertz CT molecular complexity index is 393. The molecule has 1 amide bonds. The number of ether oxygens (including phenoxy) is 1. The van der Waals surface area contributed by atoms with Crippen LogP contribution in [0.25, 0.3) is 0 Å². The summed E-state index contributed by atoms with van der Waals surface area (Å²) in [6, 6.07) is 0. The molecule has 92 valence electrons. The zero-order valence-electron chi connectivity index (χ0n) is 9.59. The molecule has 1 aliphatic heterocycles. The monoisotopic (exact) mass is 237 g/mol. The summed E-state index contributed by atoms with van der Waals surface area (Å²) in [4.78, 5) is 19.5. The van der Waals surface area contributed by atoms with E-state index in [1.54, 1.807) is 0 Å². The molecule has 2 unspecified atom stereocenters. The van der Waals surface area contributed by atoms with Crippen molar-refractivity contribution in [1.82, 2.24) is 9.97 Å². The van der Waals surface area contributed by atoms with Crippen molar-refractivity contribution in [3.63, 3.8) is 0 Å². The Morgan fingerprint density at radius 3 is 2.76 bits per heavy atom. The van der Waals surface area contributed by atoms with Crippen LogP contribution in [-0.4, -0.2) is 33.2 Å². The molecule has 0 aliphatic carbocycles. The van der Waals surface area contributed by atoms with E-state index in [1.807, 2.05) is 6.92 Å². The number of aliphatic hydroxyl groups excluding tert-OH is 1. The van der Waals surface area contributed by atoms with Crippen LogP contribution < -0.4 is 5.32 Å². The number of hydrogen-bond acceptors (Lipinski definition) is 5. The first-order valence-electron chi connectivity index (χ1n) is 5.57. The van der Waals surface area contributed by atoms with Crippen molar-refractivity contribution >= 4 is 11.6 Å². The van der Waals surface area contributed by atoms with Gasteiger partial charge in [-0.05, 0) is 19.8 Å². The van der Waals surface area contributed by atoms with Crippen molar-refractivity contribution < 1.29 is 14.6 Å². The van der Waals surface area contributed by atoms with Gasteiger partial charge in [0, 0.05) is 0 Å². The van der Waals surface area contributed by atoms with Gasteiger partial charge in [0.25, 0.3) is 5.91 Å². The van der Waals surface area contributed by atoms with E-state index in [2.05, 4.69) is 15.3 Å². The van der Waals surface area contributed by atoms with Crippen molar-refractivity contribution in [2.45, 2.75) is 38.6 Å². The van der Waals surface area contributed by atoms with E-state index in [9.17, 15) is 4.79 Å². The number of rotatable bonds is 3. The maximum Gasteiger partial charge on any atom is 0.253 e. The molecule has 2 rings (SSSR count). The van der Waals surface area contributed by atoms with Crippen molar-refractivity contribution in [3.05, 3.63) is 18.2 Å². The summed E-state index contributed by atoms with van der Waals surface area (Å²) >= 11 is 0. The summed E-state index contributed by atoms with van der Waals surface area (Å²) in [5.41, 5.74) is 0.510. The lowest BCUT2D eigenvalue weighted by Crippen LogP contribution is -2.27. The number of anilines is 1. The number of carbonyl (C=O) groups excluding carboxylic acids is 1. The van der Waals surface area contributed by atoms with Crippen LogP contribution in [0.5, 0.6) is 0 Å². The molecule has 1 fully saturated rings. The third kappa shape index (κ3) is 2.98. The van der Waals surface area contributed by atoms with Gasteiger partial charge in [0.2, 0.25) is 0 Å².